The second-order valence-electron chi connectivity index (χ2n) is 20.2. The lowest BCUT2D eigenvalue weighted by Crippen LogP contribution is -2.34. The van der Waals surface area contributed by atoms with Gasteiger partial charge in [-0.25, -0.2) is 53.0 Å². The Hall–Kier alpha value is -9.25. The summed E-state index contributed by atoms with van der Waals surface area (Å²) in [5.74, 6) is -0.332. The molecule has 2 N–H and O–H groups in total. The molecular formula is C61H55F2N11O8. The van der Waals surface area contributed by atoms with Crippen LogP contribution < -0.4 is 9.47 Å². The van der Waals surface area contributed by atoms with Gasteiger partial charge in [-0.05, 0) is 97.0 Å². The highest BCUT2D eigenvalue weighted by atomic mass is 19.1. The molecule has 0 aliphatic carbocycles. The molecule has 2 saturated heterocycles. The standard InChI is InChI=1S/C31H28FN5O4.C30H27FN6O4/c1-33-23-6-5-22(26(32)16-23)19-41-24-4-2-3-21(15-24)20-9-12-36(13-10-20)18-29-34-27-7-8-28(31(38)39)35-30(27)37(29)17-25-11-14-40-25;1-32-21-6-5-20(23(31)15-21)18-41-28-4-2-3-24(34-28)19-9-12-36(13-10-19)17-27-33-25-7-8-26(30(38)39)35-29(25)37(27)16-22-11-14-40-22/h2-9,15-16,25H,10-14,17-19H2,(H,38,39);2-9,15,22H,10-14,16-18H2,(H,38,39)/t25-;22-/m00/s1. The summed E-state index contributed by atoms with van der Waals surface area (Å²) in [6.45, 7) is 21.0. The molecule has 8 aromatic rings. The summed E-state index contributed by atoms with van der Waals surface area (Å²) in [5, 5.41) is 18.8. The van der Waals surface area contributed by atoms with Gasteiger partial charge in [-0.15, -0.1) is 0 Å². The summed E-state index contributed by atoms with van der Waals surface area (Å²) < 4.78 is 55.4. The van der Waals surface area contributed by atoms with E-state index in [2.05, 4.69) is 46.6 Å². The van der Waals surface area contributed by atoms with Crippen LogP contribution >= 0.6 is 0 Å². The van der Waals surface area contributed by atoms with Crippen molar-refractivity contribution in [2.75, 3.05) is 39.4 Å². The van der Waals surface area contributed by atoms with Gasteiger partial charge in [-0.2, -0.15) is 0 Å². The molecule has 19 nitrogen and oxygen atoms in total. The number of imidazole rings is 2. The number of pyridine rings is 3. The predicted molar refractivity (Wildman–Crippen MR) is 298 cm³/mol. The molecular weight excluding hydrogens is 1050 g/mol. The van der Waals surface area contributed by atoms with Gasteiger partial charge in [-0.3, -0.25) is 9.80 Å². The Morgan fingerprint density at radius 1 is 0.622 bits per heavy atom. The smallest absolute Gasteiger partial charge is 0.354 e. The predicted octanol–water partition coefficient (Wildman–Crippen LogP) is 10.3. The van der Waals surface area contributed by atoms with Crippen LogP contribution in [0.2, 0.25) is 0 Å². The zero-order valence-corrected chi connectivity index (χ0v) is 44.5. The Kier molecular flexibility index (Phi) is 16.4. The Morgan fingerprint density at radius 2 is 1.15 bits per heavy atom. The number of rotatable bonds is 18. The maximum absolute atomic E-state index is 14.2. The monoisotopic (exact) mass is 1110 g/mol. The van der Waals surface area contributed by atoms with Crippen molar-refractivity contribution < 1.29 is 47.5 Å². The molecule has 0 spiro atoms. The number of carboxylic acid groups (broad SMARTS) is 2. The lowest BCUT2D eigenvalue weighted by Gasteiger charge is -2.29. The van der Waals surface area contributed by atoms with Crippen LogP contribution in [0.4, 0.5) is 20.2 Å². The van der Waals surface area contributed by atoms with Crippen LogP contribution in [0.15, 0.2) is 115 Å². The maximum atomic E-state index is 14.2. The zero-order chi connectivity index (χ0) is 56.7. The minimum Gasteiger partial charge on any atom is -0.489 e. The number of ether oxygens (including phenoxy) is 4. The number of aromatic carboxylic acids is 2. The lowest BCUT2D eigenvalue weighted by molar-refractivity contribution is -0.0593. The molecule has 21 heteroatoms. The number of carbonyl (C=O) groups is 2. The number of aromatic nitrogens is 7. The number of nitrogens with zero attached hydrogens (tertiary/aromatic N) is 11. The third-order valence-corrected chi connectivity index (χ3v) is 14.8. The fourth-order valence-electron chi connectivity index (χ4n) is 10.0. The first-order valence-corrected chi connectivity index (χ1v) is 26.8. The topological polar surface area (TPSA) is 201 Å². The molecule has 4 aliphatic rings. The van der Waals surface area contributed by atoms with Crippen LogP contribution in [0.1, 0.15) is 80.7 Å². The molecule has 2 fully saturated rings. The van der Waals surface area contributed by atoms with Gasteiger partial charge in [-0.1, -0.05) is 54.6 Å². The number of hydrogen-bond donors (Lipinski definition) is 2. The molecule has 416 valence electrons. The highest BCUT2D eigenvalue weighted by Gasteiger charge is 2.27. The van der Waals surface area contributed by atoms with Crippen molar-refractivity contribution in [3.63, 3.8) is 0 Å². The summed E-state index contributed by atoms with van der Waals surface area (Å²) in [4.78, 5) is 57.0. The molecule has 0 radical (unpaired) electrons. The van der Waals surface area contributed by atoms with Crippen LogP contribution in [-0.4, -0.2) is 118 Å². The fourth-order valence-corrected chi connectivity index (χ4v) is 10.0. The van der Waals surface area contributed by atoms with Gasteiger partial charge in [0.15, 0.2) is 34.1 Å². The molecule has 0 unspecified atom stereocenters. The first-order chi connectivity index (χ1) is 39.9. The Labute approximate surface area is 470 Å². The minimum atomic E-state index is -1.07. The first-order valence-electron chi connectivity index (χ1n) is 26.8. The molecule has 12 rings (SSSR count). The molecule has 9 heterocycles. The van der Waals surface area contributed by atoms with E-state index < -0.39 is 23.6 Å². The van der Waals surface area contributed by atoms with E-state index in [-0.39, 0.29) is 48.2 Å². The summed E-state index contributed by atoms with van der Waals surface area (Å²) in [5.41, 5.74) is 7.93. The average molecular weight is 1110 g/mol. The number of halogens is 2. The second kappa shape index (κ2) is 24.6. The SMILES string of the molecule is [C-]#[N+]c1ccc(COc2cccc(C3=CCN(Cc4nc5ccc(C(=O)O)nc5n4C[C@@H]4CCO4)CC3)c2)c(F)c1.[C-]#[N+]c1ccc(COc2cccc(C3=CCN(Cc4nc5ccc(C(=O)O)nc5n4C[C@@H]4CCO4)CC3)n2)c(F)c1. The number of carboxylic acids is 2. The van der Waals surface area contributed by atoms with Crippen molar-refractivity contribution in [2.24, 2.45) is 0 Å². The molecule has 0 amide bonds. The summed E-state index contributed by atoms with van der Waals surface area (Å²) in [7, 11) is 0. The van der Waals surface area contributed by atoms with Gasteiger partial charge in [0, 0.05) is 56.6 Å². The summed E-state index contributed by atoms with van der Waals surface area (Å²) >= 11 is 0. The van der Waals surface area contributed by atoms with Crippen molar-refractivity contribution in [1.29, 1.82) is 0 Å². The summed E-state index contributed by atoms with van der Waals surface area (Å²) in [6, 6.07) is 28.4. The highest BCUT2D eigenvalue weighted by Crippen LogP contribution is 2.30. The van der Waals surface area contributed by atoms with Crippen LogP contribution in [-0.2, 0) is 48.9 Å². The Balaban J connectivity index is 0.000000172. The van der Waals surface area contributed by atoms with E-state index >= 15 is 0 Å². The van der Waals surface area contributed by atoms with E-state index in [1.165, 1.54) is 29.8 Å². The minimum absolute atomic E-state index is 0.000350. The lowest BCUT2D eigenvalue weighted by atomic mass is 9.99. The third kappa shape index (κ3) is 12.7. The van der Waals surface area contributed by atoms with Gasteiger partial charge in [0.1, 0.15) is 53.3 Å². The Bertz CT molecular complexity index is 3630. The molecule has 4 aliphatic heterocycles. The molecule has 82 heavy (non-hydrogen) atoms. The molecule has 0 saturated carbocycles. The maximum Gasteiger partial charge on any atom is 0.354 e. The van der Waals surface area contributed by atoms with E-state index in [1.54, 1.807) is 42.5 Å². The first kappa shape index (κ1) is 54.7. The molecule has 5 aromatic heterocycles. The third-order valence-electron chi connectivity index (χ3n) is 14.8. The van der Waals surface area contributed by atoms with Crippen molar-refractivity contribution in [3.05, 3.63) is 195 Å². The normalized spacial score (nSPS) is 17.1. The van der Waals surface area contributed by atoms with Crippen LogP contribution in [0.5, 0.6) is 11.6 Å². The van der Waals surface area contributed by atoms with Crippen LogP contribution in [0.25, 0.3) is 43.2 Å². The van der Waals surface area contributed by atoms with E-state index in [1.807, 2.05) is 45.5 Å². The van der Waals surface area contributed by atoms with Crippen molar-refractivity contribution in [3.8, 4) is 11.6 Å². The van der Waals surface area contributed by atoms with Gasteiger partial charge in [0.25, 0.3) is 0 Å². The average Bonchev–Trinajstić information content (AvgIpc) is 4.08. The second-order valence-corrected chi connectivity index (χ2v) is 20.2. The largest absolute Gasteiger partial charge is 0.489 e. The summed E-state index contributed by atoms with van der Waals surface area (Å²) in [6.07, 6.45) is 8.02. The van der Waals surface area contributed by atoms with Crippen LogP contribution in [0.3, 0.4) is 0 Å². The van der Waals surface area contributed by atoms with E-state index in [0.717, 1.165) is 87.0 Å². The zero-order valence-electron chi connectivity index (χ0n) is 44.5. The van der Waals surface area contributed by atoms with Gasteiger partial charge >= 0.3 is 11.9 Å². The number of benzene rings is 3. The molecule has 2 atom stereocenters. The van der Waals surface area contributed by atoms with Crippen LogP contribution in [0, 0.1) is 24.8 Å². The number of hydrogen-bond acceptors (Lipinski definition) is 13. The molecule has 0 bridgehead atoms. The number of fused-ring (bicyclic) bond motifs is 2. The van der Waals surface area contributed by atoms with E-state index in [4.69, 9.17) is 42.1 Å². The fraction of sp³-hybridized carbons (Fsp3) is 0.295. The van der Waals surface area contributed by atoms with Crippen molar-refractivity contribution >= 4 is 56.8 Å². The molecule has 3 aromatic carbocycles. The van der Waals surface area contributed by atoms with Gasteiger partial charge in [0.05, 0.1) is 57.2 Å². The quantitative estimate of drug-likeness (QED) is 0.0768. The van der Waals surface area contributed by atoms with Gasteiger partial charge < -0.3 is 38.3 Å². The van der Waals surface area contributed by atoms with Crippen molar-refractivity contribution in [2.45, 2.75) is 77.3 Å². The van der Waals surface area contributed by atoms with Crippen molar-refractivity contribution in [1.82, 2.24) is 43.9 Å². The Morgan fingerprint density at radius 3 is 1.62 bits per heavy atom. The van der Waals surface area contributed by atoms with E-state index in [0.29, 0.717) is 77.8 Å². The van der Waals surface area contributed by atoms with Gasteiger partial charge in [0.2, 0.25) is 5.88 Å². The highest BCUT2D eigenvalue weighted by molar-refractivity contribution is 5.89. The van der Waals surface area contributed by atoms with E-state index in [9.17, 15) is 28.6 Å².